The number of amides is 1. The Balaban J connectivity index is 1.72. The number of anilines is 1. The van der Waals surface area contributed by atoms with E-state index in [1.165, 1.54) is 6.07 Å². The van der Waals surface area contributed by atoms with Crippen molar-refractivity contribution in [1.29, 1.82) is 0 Å². The van der Waals surface area contributed by atoms with Gasteiger partial charge in [0.15, 0.2) is 9.84 Å². The summed E-state index contributed by atoms with van der Waals surface area (Å²) in [6.07, 6.45) is 0.877. The smallest absolute Gasteiger partial charge is 0.241 e. The average molecular weight is 457 g/mol. The van der Waals surface area contributed by atoms with Crippen molar-refractivity contribution in [3.8, 4) is 0 Å². The first kappa shape index (κ1) is 22.1. The number of ether oxygens (including phenoxy) is 1. The first-order valence-corrected chi connectivity index (χ1v) is 11.7. The molecule has 29 heavy (non-hydrogen) atoms. The molecule has 0 aliphatic carbocycles. The van der Waals surface area contributed by atoms with E-state index in [9.17, 15) is 13.2 Å². The number of benzene rings is 2. The minimum absolute atomic E-state index is 0.0937. The number of carbonyl (C=O) groups excluding carboxylic acids is 1. The molecule has 0 bridgehead atoms. The second-order valence-electron chi connectivity index (χ2n) is 6.96. The third-order valence-corrected chi connectivity index (χ3v) is 6.78. The molecule has 3 rings (SSSR count). The monoisotopic (exact) mass is 456 g/mol. The van der Waals surface area contributed by atoms with Gasteiger partial charge in [-0.3, -0.25) is 9.69 Å². The molecule has 0 radical (unpaired) electrons. The Hall–Kier alpha value is -1.64. The first-order chi connectivity index (χ1) is 13.7. The van der Waals surface area contributed by atoms with Crippen LogP contribution < -0.4 is 5.32 Å². The van der Waals surface area contributed by atoms with Crippen molar-refractivity contribution in [2.45, 2.75) is 24.0 Å². The fourth-order valence-corrected chi connectivity index (χ4v) is 4.38. The highest BCUT2D eigenvalue weighted by Gasteiger charge is 2.29. The van der Waals surface area contributed by atoms with Crippen molar-refractivity contribution in [3.05, 3.63) is 58.1 Å². The lowest BCUT2D eigenvalue weighted by Crippen LogP contribution is -2.48. The van der Waals surface area contributed by atoms with Gasteiger partial charge in [-0.15, -0.1) is 0 Å². The van der Waals surface area contributed by atoms with Crippen LogP contribution in [0.3, 0.4) is 0 Å². The van der Waals surface area contributed by atoms with Gasteiger partial charge < -0.3 is 10.1 Å². The van der Waals surface area contributed by atoms with Crippen LogP contribution in [0.2, 0.25) is 10.0 Å². The van der Waals surface area contributed by atoms with Gasteiger partial charge in [0, 0.05) is 19.3 Å². The summed E-state index contributed by atoms with van der Waals surface area (Å²) >= 11 is 12.1. The normalized spacial score (nSPS) is 19.0. The molecule has 2 atom stereocenters. The van der Waals surface area contributed by atoms with Crippen LogP contribution in [0, 0.1) is 0 Å². The standard InChI is InChI=1S/C20H22Cl2N2O4S/c1-13(20(25)23-17-5-3-4-6-19(17)29(2,26)27)24-9-10-28-18(12-24)14-7-8-15(21)16(22)11-14/h3-8,11,13,18H,9-10,12H2,1-2H3,(H,23,25). The summed E-state index contributed by atoms with van der Waals surface area (Å²) < 4.78 is 29.8. The number of nitrogens with zero attached hydrogens (tertiary/aromatic N) is 1. The molecular formula is C20H22Cl2N2O4S. The highest BCUT2D eigenvalue weighted by molar-refractivity contribution is 7.90. The van der Waals surface area contributed by atoms with E-state index in [1.807, 2.05) is 11.0 Å². The molecule has 1 aliphatic heterocycles. The number of halogens is 2. The maximum absolute atomic E-state index is 12.8. The molecule has 2 aromatic carbocycles. The molecular weight excluding hydrogens is 435 g/mol. The predicted octanol–water partition coefficient (Wildman–Crippen LogP) is 3.80. The van der Waals surface area contributed by atoms with Crippen LogP contribution in [-0.2, 0) is 19.4 Å². The number of sulfone groups is 1. The fraction of sp³-hybridized carbons (Fsp3) is 0.350. The molecule has 1 fully saturated rings. The van der Waals surface area contributed by atoms with Gasteiger partial charge in [0.05, 0.1) is 39.4 Å². The minimum Gasteiger partial charge on any atom is -0.371 e. The number of hydrogen-bond acceptors (Lipinski definition) is 5. The molecule has 156 valence electrons. The third-order valence-electron chi connectivity index (χ3n) is 4.88. The maximum atomic E-state index is 12.8. The van der Waals surface area contributed by atoms with Gasteiger partial charge in [-0.05, 0) is 36.8 Å². The maximum Gasteiger partial charge on any atom is 0.241 e. The molecule has 6 nitrogen and oxygen atoms in total. The molecule has 1 amide bonds. The second-order valence-corrected chi connectivity index (χ2v) is 9.76. The van der Waals surface area contributed by atoms with E-state index in [2.05, 4.69) is 5.32 Å². The lowest BCUT2D eigenvalue weighted by molar-refractivity contribution is -0.124. The highest BCUT2D eigenvalue weighted by Crippen LogP contribution is 2.30. The van der Waals surface area contributed by atoms with Gasteiger partial charge in [-0.25, -0.2) is 8.42 Å². The zero-order valence-corrected chi connectivity index (χ0v) is 18.4. The molecule has 9 heteroatoms. The van der Waals surface area contributed by atoms with Crippen LogP contribution in [0.25, 0.3) is 0 Å². The van der Waals surface area contributed by atoms with Crippen LogP contribution in [0.5, 0.6) is 0 Å². The van der Waals surface area contributed by atoms with Crippen molar-refractivity contribution in [1.82, 2.24) is 4.90 Å². The lowest BCUT2D eigenvalue weighted by Gasteiger charge is -2.36. The van der Waals surface area contributed by atoms with E-state index in [0.29, 0.717) is 29.7 Å². The second kappa shape index (κ2) is 9.02. The van der Waals surface area contributed by atoms with Crippen LogP contribution in [0.1, 0.15) is 18.6 Å². The molecule has 1 heterocycles. The van der Waals surface area contributed by atoms with Crippen LogP contribution in [-0.4, -0.2) is 51.2 Å². The zero-order chi connectivity index (χ0) is 21.2. The summed E-state index contributed by atoms with van der Waals surface area (Å²) in [7, 11) is -3.45. The van der Waals surface area contributed by atoms with Crippen LogP contribution in [0.15, 0.2) is 47.4 Å². The topological polar surface area (TPSA) is 75.7 Å². The largest absolute Gasteiger partial charge is 0.371 e. The van der Waals surface area contributed by atoms with E-state index in [-0.39, 0.29) is 22.6 Å². The molecule has 0 spiro atoms. The van der Waals surface area contributed by atoms with Gasteiger partial charge in [0.25, 0.3) is 0 Å². The number of morpholine rings is 1. The summed E-state index contributed by atoms with van der Waals surface area (Å²) in [6, 6.07) is 11.2. The van der Waals surface area contributed by atoms with Crippen molar-refractivity contribution in [2.24, 2.45) is 0 Å². The number of hydrogen-bond donors (Lipinski definition) is 1. The summed E-state index contributed by atoms with van der Waals surface area (Å²) in [5.41, 5.74) is 1.17. The number of nitrogens with one attached hydrogen (secondary N) is 1. The molecule has 2 unspecified atom stereocenters. The number of carbonyl (C=O) groups is 1. The molecule has 2 aromatic rings. The lowest BCUT2D eigenvalue weighted by atomic mass is 10.1. The number of rotatable bonds is 5. The quantitative estimate of drug-likeness (QED) is 0.740. The van der Waals surface area contributed by atoms with Gasteiger partial charge in [0.1, 0.15) is 0 Å². The van der Waals surface area contributed by atoms with Crippen LogP contribution >= 0.6 is 23.2 Å². The summed E-state index contributed by atoms with van der Waals surface area (Å²) in [6.45, 7) is 3.33. The van der Waals surface area contributed by atoms with E-state index < -0.39 is 15.9 Å². The Bertz CT molecular complexity index is 1010. The predicted molar refractivity (Wildman–Crippen MR) is 114 cm³/mol. The van der Waals surface area contributed by atoms with Gasteiger partial charge in [0.2, 0.25) is 5.91 Å². The molecule has 0 aromatic heterocycles. The zero-order valence-electron chi connectivity index (χ0n) is 16.1. The van der Waals surface area contributed by atoms with E-state index in [1.54, 1.807) is 37.3 Å². The van der Waals surface area contributed by atoms with Crippen LogP contribution in [0.4, 0.5) is 5.69 Å². The summed E-state index contributed by atoms with van der Waals surface area (Å²) in [5, 5.41) is 3.67. The highest BCUT2D eigenvalue weighted by atomic mass is 35.5. The summed E-state index contributed by atoms with van der Waals surface area (Å²) in [4.78, 5) is 14.9. The van der Waals surface area contributed by atoms with Crippen molar-refractivity contribution in [2.75, 3.05) is 31.3 Å². The first-order valence-electron chi connectivity index (χ1n) is 9.07. The Morgan fingerprint density at radius 1 is 1.21 bits per heavy atom. The fourth-order valence-electron chi connectivity index (χ4n) is 3.23. The summed E-state index contributed by atoms with van der Waals surface area (Å²) in [5.74, 6) is -0.282. The van der Waals surface area contributed by atoms with Gasteiger partial charge in [-0.1, -0.05) is 41.4 Å². The van der Waals surface area contributed by atoms with E-state index >= 15 is 0 Å². The molecule has 1 saturated heterocycles. The van der Waals surface area contributed by atoms with E-state index in [4.69, 9.17) is 27.9 Å². The Kier molecular flexibility index (Phi) is 6.86. The van der Waals surface area contributed by atoms with E-state index in [0.717, 1.165) is 11.8 Å². The van der Waals surface area contributed by atoms with Crippen molar-refractivity contribution >= 4 is 44.6 Å². The Labute approximate surface area is 180 Å². The minimum atomic E-state index is -3.45. The van der Waals surface area contributed by atoms with Gasteiger partial charge >= 0.3 is 0 Å². The van der Waals surface area contributed by atoms with Gasteiger partial charge in [-0.2, -0.15) is 0 Å². The molecule has 1 aliphatic rings. The molecule has 0 saturated carbocycles. The molecule has 1 N–H and O–H groups in total. The van der Waals surface area contributed by atoms with Crippen molar-refractivity contribution < 1.29 is 17.9 Å². The Morgan fingerprint density at radius 2 is 1.93 bits per heavy atom. The number of para-hydroxylation sites is 1. The third kappa shape index (κ3) is 5.29. The van der Waals surface area contributed by atoms with Crippen molar-refractivity contribution in [3.63, 3.8) is 0 Å². The Morgan fingerprint density at radius 3 is 2.62 bits per heavy atom. The average Bonchev–Trinajstić information content (AvgIpc) is 2.69. The SMILES string of the molecule is CC(C(=O)Nc1ccccc1S(C)(=O)=O)N1CCOC(c2ccc(Cl)c(Cl)c2)C1.